The summed E-state index contributed by atoms with van der Waals surface area (Å²) in [5.41, 5.74) is 6.28. The molecule has 0 fully saturated rings. The zero-order chi connectivity index (χ0) is 5.21. The van der Waals surface area contributed by atoms with Crippen molar-refractivity contribution in [2.24, 2.45) is 0 Å². The number of aliphatic hydroxyl groups is 1. The molecule has 7 heavy (non-hydrogen) atoms. The van der Waals surface area contributed by atoms with Crippen LogP contribution in [-0.2, 0) is 21.1 Å². The number of nitrogens with one attached hydrogen (secondary N) is 1. The summed E-state index contributed by atoms with van der Waals surface area (Å²) in [6.07, 6.45) is 0. The summed E-state index contributed by atoms with van der Waals surface area (Å²) in [6.45, 7) is 3.26. The van der Waals surface area contributed by atoms with Crippen molar-refractivity contribution in [1.82, 2.24) is 0 Å². The number of aliphatic hydroxyl groups excluding tert-OH is 1. The van der Waals surface area contributed by atoms with Crippen molar-refractivity contribution in [3.05, 3.63) is 5.73 Å². The summed E-state index contributed by atoms with van der Waals surface area (Å²) in [5.74, 6) is 0. The smallest absolute Gasteiger partial charge is 0.0292 e. The zero-order valence-electron chi connectivity index (χ0n) is 4.47. The van der Waals surface area contributed by atoms with Crippen LogP contribution < -0.4 is 0 Å². The summed E-state index contributed by atoms with van der Waals surface area (Å²) in [5, 5.41) is 8.22. The monoisotopic (exact) mass is 283 g/mol. The van der Waals surface area contributed by atoms with Gasteiger partial charge < -0.3 is 10.8 Å². The molecule has 48 valence electrons. The Morgan fingerprint density at radius 1 is 1.57 bits per heavy atom. The Kier molecular flexibility index (Phi) is 5.42. The molecule has 0 rings (SSSR count). The normalized spacial score (nSPS) is 10.3. The third kappa shape index (κ3) is 10.8. The standard InChI is InChI=1S/C4H10NO.Pt/c1-4(2,5)3-6;/h5-6H,3H2,1-2H3;/q-1;. The number of rotatable bonds is 1. The van der Waals surface area contributed by atoms with Gasteiger partial charge in [0, 0.05) is 27.7 Å². The van der Waals surface area contributed by atoms with E-state index in [1.54, 1.807) is 13.8 Å². The molecule has 0 atom stereocenters. The van der Waals surface area contributed by atoms with Gasteiger partial charge in [-0.1, -0.05) is 13.8 Å². The second-order valence-corrected chi connectivity index (χ2v) is 2.04. The van der Waals surface area contributed by atoms with E-state index in [0.717, 1.165) is 0 Å². The maximum atomic E-state index is 8.22. The summed E-state index contributed by atoms with van der Waals surface area (Å²) >= 11 is 0. The van der Waals surface area contributed by atoms with Crippen molar-refractivity contribution in [3.8, 4) is 0 Å². The van der Waals surface area contributed by atoms with Gasteiger partial charge in [0.1, 0.15) is 0 Å². The minimum Gasteiger partial charge on any atom is -0.670 e. The van der Waals surface area contributed by atoms with Gasteiger partial charge in [-0.15, -0.1) is 5.54 Å². The van der Waals surface area contributed by atoms with Crippen LogP contribution in [0.2, 0.25) is 0 Å². The average Bonchev–Trinajstić information content (AvgIpc) is 1.35. The fourth-order valence-corrected chi connectivity index (χ4v) is 0. The van der Waals surface area contributed by atoms with E-state index in [2.05, 4.69) is 0 Å². The van der Waals surface area contributed by atoms with E-state index in [9.17, 15) is 0 Å². The molecular formula is C4H10NOPt-. The Balaban J connectivity index is 0. The molecule has 0 saturated carbocycles. The third-order valence-electron chi connectivity index (χ3n) is 0.395. The predicted molar refractivity (Wildman–Crippen MR) is 25.5 cm³/mol. The molecule has 0 aliphatic heterocycles. The van der Waals surface area contributed by atoms with E-state index in [-0.39, 0.29) is 27.7 Å². The summed E-state index contributed by atoms with van der Waals surface area (Å²) in [4.78, 5) is 0. The SMILES string of the molecule is CC(C)([NH-])CO.[Pt]. The first-order valence-electron chi connectivity index (χ1n) is 1.92. The van der Waals surface area contributed by atoms with Gasteiger partial charge in [-0.25, -0.2) is 0 Å². The fourth-order valence-electron chi connectivity index (χ4n) is 0. The molecule has 0 aromatic heterocycles. The van der Waals surface area contributed by atoms with Gasteiger partial charge in [-0.3, -0.25) is 0 Å². The quantitative estimate of drug-likeness (QED) is 0.760. The summed E-state index contributed by atoms with van der Waals surface area (Å²) < 4.78 is 0. The molecule has 0 aromatic carbocycles. The van der Waals surface area contributed by atoms with Gasteiger partial charge in [0.2, 0.25) is 0 Å². The second kappa shape index (κ2) is 3.59. The molecular weight excluding hydrogens is 273 g/mol. The van der Waals surface area contributed by atoms with Crippen molar-refractivity contribution < 1.29 is 26.2 Å². The Labute approximate surface area is 58.4 Å². The van der Waals surface area contributed by atoms with E-state index in [0.29, 0.717) is 0 Å². The molecule has 0 amide bonds. The van der Waals surface area contributed by atoms with E-state index in [1.807, 2.05) is 0 Å². The van der Waals surface area contributed by atoms with Crippen molar-refractivity contribution in [2.45, 2.75) is 19.4 Å². The van der Waals surface area contributed by atoms with E-state index < -0.39 is 5.54 Å². The van der Waals surface area contributed by atoms with Crippen LogP contribution in [0, 0.1) is 0 Å². The first-order chi connectivity index (χ1) is 2.56. The maximum Gasteiger partial charge on any atom is 0.0292 e. The van der Waals surface area contributed by atoms with Crippen molar-refractivity contribution in [3.63, 3.8) is 0 Å². The molecule has 0 radical (unpaired) electrons. The van der Waals surface area contributed by atoms with Gasteiger partial charge >= 0.3 is 0 Å². The maximum absolute atomic E-state index is 8.22. The molecule has 2 N–H and O–H groups in total. The Morgan fingerprint density at radius 3 is 1.71 bits per heavy atom. The number of hydrogen-bond acceptors (Lipinski definition) is 1. The van der Waals surface area contributed by atoms with Gasteiger partial charge in [0.25, 0.3) is 0 Å². The molecule has 0 aliphatic rings. The van der Waals surface area contributed by atoms with Crippen LogP contribution in [0.15, 0.2) is 0 Å². The van der Waals surface area contributed by atoms with Crippen molar-refractivity contribution >= 4 is 0 Å². The Bertz CT molecular complexity index is 41.4. The van der Waals surface area contributed by atoms with Crippen LogP contribution in [0.25, 0.3) is 5.73 Å². The van der Waals surface area contributed by atoms with E-state index in [4.69, 9.17) is 10.8 Å². The van der Waals surface area contributed by atoms with Gasteiger partial charge in [0.15, 0.2) is 0 Å². The molecule has 0 aliphatic carbocycles. The molecule has 0 bridgehead atoms. The minimum atomic E-state index is -0.653. The largest absolute Gasteiger partial charge is 0.670 e. The van der Waals surface area contributed by atoms with Crippen molar-refractivity contribution in [1.29, 1.82) is 0 Å². The third-order valence-corrected chi connectivity index (χ3v) is 0.395. The molecule has 0 unspecified atom stereocenters. The molecule has 0 saturated heterocycles. The summed E-state index contributed by atoms with van der Waals surface area (Å²) in [6, 6.07) is 0. The summed E-state index contributed by atoms with van der Waals surface area (Å²) in [7, 11) is 0. The topological polar surface area (TPSA) is 44.0 Å². The molecule has 0 spiro atoms. The molecule has 0 aromatic rings. The van der Waals surface area contributed by atoms with Crippen LogP contribution in [-0.4, -0.2) is 17.3 Å². The predicted octanol–water partition coefficient (Wildman–Crippen LogP) is 0.807. The van der Waals surface area contributed by atoms with E-state index >= 15 is 0 Å². The van der Waals surface area contributed by atoms with Gasteiger partial charge in [-0.2, -0.15) is 0 Å². The first-order valence-corrected chi connectivity index (χ1v) is 1.92. The van der Waals surface area contributed by atoms with Gasteiger partial charge in [0.05, 0.1) is 0 Å². The Hall–Kier alpha value is 0.608. The fraction of sp³-hybridized carbons (Fsp3) is 1.00. The van der Waals surface area contributed by atoms with Crippen LogP contribution >= 0.6 is 0 Å². The first kappa shape index (κ1) is 10.6. The van der Waals surface area contributed by atoms with Crippen molar-refractivity contribution in [2.75, 3.05) is 6.61 Å². The zero-order valence-corrected chi connectivity index (χ0v) is 6.74. The molecule has 2 nitrogen and oxygen atoms in total. The second-order valence-electron chi connectivity index (χ2n) is 2.04. The van der Waals surface area contributed by atoms with Gasteiger partial charge in [-0.05, 0) is 0 Å². The van der Waals surface area contributed by atoms with E-state index in [1.165, 1.54) is 0 Å². The minimum absolute atomic E-state index is 0. The van der Waals surface area contributed by atoms with Crippen LogP contribution in [0.5, 0.6) is 0 Å². The molecule has 3 heteroatoms. The number of hydrogen-bond donors (Lipinski definition) is 1. The molecule has 0 heterocycles. The van der Waals surface area contributed by atoms with Crippen LogP contribution in [0.4, 0.5) is 0 Å². The van der Waals surface area contributed by atoms with Crippen LogP contribution in [0.1, 0.15) is 13.8 Å². The van der Waals surface area contributed by atoms with Crippen LogP contribution in [0.3, 0.4) is 0 Å². The Morgan fingerprint density at radius 2 is 1.71 bits per heavy atom. The average molecular weight is 283 g/mol.